The normalized spacial score (nSPS) is 21.3. The Kier molecular flexibility index (Phi) is 6.07. The highest BCUT2D eigenvalue weighted by atomic mass is 16.2. The maximum atomic E-state index is 13.2. The molecule has 0 radical (unpaired) electrons. The number of nitrogens with one attached hydrogen (secondary N) is 1. The highest BCUT2D eigenvalue weighted by Crippen LogP contribution is 2.31. The summed E-state index contributed by atoms with van der Waals surface area (Å²) in [4.78, 5) is 66.1. The molecule has 1 aliphatic carbocycles. The molecule has 2 heterocycles. The zero-order valence-corrected chi connectivity index (χ0v) is 18.0. The lowest BCUT2D eigenvalue weighted by Crippen LogP contribution is -2.47. The Bertz CT molecular complexity index is 1020. The Labute approximate surface area is 186 Å². The number of allylic oxidation sites excluding steroid dienone is 1. The van der Waals surface area contributed by atoms with Gasteiger partial charge in [-0.2, -0.15) is 0 Å². The largest absolute Gasteiger partial charge is 0.334 e. The van der Waals surface area contributed by atoms with Crippen molar-refractivity contribution in [3.63, 3.8) is 0 Å². The van der Waals surface area contributed by atoms with E-state index in [-0.39, 0.29) is 18.9 Å². The molecule has 1 aromatic carbocycles. The molecule has 168 valence electrons. The molecular weight excluding hydrogens is 412 g/mol. The van der Waals surface area contributed by atoms with Gasteiger partial charge in [-0.1, -0.05) is 23.8 Å². The maximum Gasteiger partial charge on any atom is 0.334 e. The lowest BCUT2D eigenvalue weighted by Gasteiger charge is -2.29. The van der Waals surface area contributed by atoms with Crippen LogP contribution in [0.25, 0.3) is 0 Å². The van der Waals surface area contributed by atoms with Gasteiger partial charge in [0.1, 0.15) is 6.54 Å². The number of imide groups is 2. The molecule has 1 atom stereocenters. The van der Waals surface area contributed by atoms with Gasteiger partial charge in [0.15, 0.2) is 0 Å². The van der Waals surface area contributed by atoms with Crippen molar-refractivity contribution in [1.82, 2.24) is 9.80 Å². The summed E-state index contributed by atoms with van der Waals surface area (Å²) < 4.78 is 0. The van der Waals surface area contributed by atoms with Gasteiger partial charge in [0.2, 0.25) is 11.8 Å². The molecule has 0 saturated carbocycles. The molecule has 1 aromatic rings. The van der Waals surface area contributed by atoms with Crippen LogP contribution in [0.15, 0.2) is 35.9 Å². The molecule has 1 saturated heterocycles. The van der Waals surface area contributed by atoms with Crippen molar-refractivity contribution in [3.8, 4) is 0 Å². The molecule has 6 amide bonds. The second-order valence-electron chi connectivity index (χ2n) is 8.37. The zero-order valence-electron chi connectivity index (χ0n) is 18.0. The minimum atomic E-state index is -0.995. The van der Waals surface area contributed by atoms with E-state index in [9.17, 15) is 24.0 Å². The molecule has 0 bridgehead atoms. The summed E-state index contributed by atoms with van der Waals surface area (Å²) in [6, 6.07) is 5.60. The van der Waals surface area contributed by atoms with Gasteiger partial charge < -0.3 is 10.2 Å². The first-order valence-electron chi connectivity index (χ1n) is 10.9. The van der Waals surface area contributed by atoms with Gasteiger partial charge in [-0.25, -0.2) is 9.69 Å². The summed E-state index contributed by atoms with van der Waals surface area (Å²) >= 11 is 0. The monoisotopic (exact) mass is 438 g/mol. The molecule has 9 heteroatoms. The van der Waals surface area contributed by atoms with Gasteiger partial charge in [-0.15, -0.1) is 0 Å². The maximum absolute atomic E-state index is 13.2. The van der Waals surface area contributed by atoms with Crippen molar-refractivity contribution in [1.29, 1.82) is 0 Å². The van der Waals surface area contributed by atoms with Crippen molar-refractivity contribution < 1.29 is 24.0 Å². The molecule has 1 fully saturated rings. The minimum absolute atomic E-state index is 0.0719. The molecule has 0 spiro atoms. The SMILES string of the molecule is C[C@@H]1CC(=O)Nc2ccccc2N1C(=O)CN1C(=O)C(=O)N(CCC2=CCCCC2)C1=O. The molecule has 0 aromatic heterocycles. The molecule has 2 aliphatic heterocycles. The first kappa shape index (κ1) is 21.7. The fourth-order valence-electron chi connectivity index (χ4n) is 4.45. The standard InChI is InChI=1S/C23H26N4O5/c1-15-13-19(28)24-17-9-5-6-10-18(17)27(15)20(29)14-26-22(31)21(30)25(23(26)32)12-11-16-7-3-2-4-8-16/h5-7,9-10,15H,2-4,8,11-14H2,1H3,(H,24,28)/t15-/m1/s1. The highest BCUT2D eigenvalue weighted by molar-refractivity contribution is 6.45. The van der Waals surface area contributed by atoms with E-state index in [4.69, 9.17) is 0 Å². The Morgan fingerprint density at radius 2 is 1.81 bits per heavy atom. The minimum Gasteiger partial charge on any atom is -0.324 e. The van der Waals surface area contributed by atoms with Gasteiger partial charge >= 0.3 is 17.8 Å². The third kappa shape index (κ3) is 4.15. The molecule has 32 heavy (non-hydrogen) atoms. The van der Waals surface area contributed by atoms with Crippen LogP contribution in [0.3, 0.4) is 0 Å². The van der Waals surface area contributed by atoms with Crippen molar-refractivity contribution in [2.24, 2.45) is 0 Å². The zero-order chi connectivity index (χ0) is 22.8. The first-order chi connectivity index (χ1) is 15.4. The van der Waals surface area contributed by atoms with Crippen LogP contribution in [0.1, 0.15) is 45.4 Å². The van der Waals surface area contributed by atoms with Crippen LogP contribution in [-0.4, -0.2) is 58.6 Å². The average Bonchev–Trinajstić information content (AvgIpc) is 2.89. The number of benzene rings is 1. The van der Waals surface area contributed by atoms with E-state index >= 15 is 0 Å². The van der Waals surface area contributed by atoms with Crippen LogP contribution >= 0.6 is 0 Å². The van der Waals surface area contributed by atoms with Crippen LogP contribution in [0.2, 0.25) is 0 Å². The van der Waals surface area contributed by atoms with Crippen LogP contribution in [0.4, 0.5) is 16.2 Å². The number of rotatable bonds is 5. The summed E-state index contributed by atoms with van der Waals surface area (Å²) in [5, 5.41) is 2.76. The van der Waals surface area contributed by atoms with E-state index in [1.54, 1.807) is 31.2 Å². The number of amides is 6. The Morgan fingerprint density at radius 3 is 2.56 bits per heavy atom. The fourth-order valence-corrected chi connectivity index (χ4v) is 4.45. The number of hydrogen-bond acceptors (Lipinski definition) is 5. The van der Waals surface area contributed by atoms with Crippen molar-refractivity contribution in [2.45, 2.75) is 51.5 Å². The van der Waals surface area contributed by atoms with Gasteiger partial charge in [0, 0.05) is 19.0 Å². The number of hydrogen-bond donors (Lipinski definition) is 1. The van der Waals surface area contributed by atoms with E-state index in [2.05, 4.69) is 11.4 Å². The van der Waals surface area contributed by atoms with Gasteiger partial charge in [0.05, 0.1) is 11.4 Å². The number of para-hydroxylation sites is 2. The molecule has 3 aliphatic rings. The van der Waals surface area contributed by atoms with Crippen molar-refractivity contribution in [3.05, 3.63) is 35.9 Å². The summed E-state index contributed by atoms with van der Waals surface area (Å²) in [5.41, 5.74) is 2.15. The number of fused-ring (bicyclic) bond motifs is 1. The number of carbonyl (C=O) groups is 5. The second kappa shape index (κ2) is 8.94. The highest BCUT2D eigenvalue weighted by Gasteiger charge is 2.46. The summed E-state index contributed by atoms with van der Waals surface area (Å²) in [7, 11) is 0. The fraction of sp³-hybridized carbons (Fsp3) is 0.435. The van der Waals surface area contributed by atoms with E-state index in [0.717, 1.165) is 30.6 Å². The predicted molar refractivity (Wildman–Crippen MR) is 117 cm³/mol. The smallest absolute Gasteiger partial charge is 0.324 e. The topological polar surface area (TPSA) is 107 Å². The van der Waals surface area contributed by atoms with Crippen LogP contribution < -0.4 is 10.2 Å². The van der Waals surface area contributed by atoms with Crippen molar-refractivity contribution in [2.75, 3.05) is 23.3 Å². The third-order valence-corrected chi connectivity index (χ3v) is 6.10. The van der Waals surface area contributed by atoms with Crippen molar-refractivity contribution >= 4 is 41.0 Å². The Morgan fingerprint density at radius 1 is 1.06 bits per heavy atom. The lowest BCUT2D eigenvalue weighted by molar-refractivity contribution is -0.143. The molecular formula is C23H26N4O5. The number of urea groups is 1. The van der Waals surface area contributed by atoms with Crippen LogP contribution in [-0.2, 0) is 19.2 Å². The summed E-state index contributed by atoms with van der Waals surface area (Å²) in [6.07, 6.45) is 6.89. The van der Waals surface area contributed by atoms with E-state index < -0.39 is 36.3 Å². The molecule has 1 N–H and O–H groups in total. The van der Waals surface area contributed by atoms with Gasteiger partial charge in [-0.05, 0) is 51.2 Å². The average molecular weight is 438 g/mol. The van der Waals surface area contributed by atoms with Crippen LogP contribution in [0, 0.1) is 0 Å². The lowest BCUT2D eigenvalue weighted by atomic mass is 9.97. The number of anilines is 2. The third-order valence-electron chi connectivity index (χ3n) is 6.10. The predicted octanol–water partition coefficient (Wildman–Crippen LogP) is 2.43. The Balaban J connectivity index is 1.49. The molecule has 0 unspecified atom stereocenters. The summed E-state index contributed by atoms with van der Waals surface area (Å²) in [5.74, 6) is -2.66. The van der Waals surface area contributed by atoms with Gasteiger partial charge in [-0.3, -0.25) is 24.1 Å². The molecule has 4 rings (SSSR count). The van der Waals surface area contributed by atoms with E-state index in [1.165, 1.54) is 10.5 Å². The van der Waals surface area contributed by atoms with E-state index in [0.29, 0.717) is 22.7 Å². The first-order valence-corrected chi connectivity index (χ1v) is 10.9. The number of nitrogens with zero attached hydrogens (tertiary/aromatic N) is 3. The second-order valence-corrected chi connectivity index (χ2v) is 8.37. The van der Waals surface area contributed by atoms with Crippen LogP contribution in [0.5, 0.6) is 0 Å². The Hall–Kier alpha value is -3.49. The summed E-state index contributed by atoms with van der Waals surface area (Å²) in [6.45, 7) is 1.29. The van der Waals surface area contributed by atoms with E-state index in [1.807, 2.05) is 0 Å². The molecule has 9 nitrogen and oxygen atoms in total. The number of carbonyl (C=O) groups excluding carboxylic acids is 5. The quantitative estimate of drug-likeness (QED) is 0.432. The van der Waals surface area contributed by atoms with Gasteiger partial charge in [0.25, 0.3) is 0 Å².